The van der Waals surface area contributed by atoms with Gasteiger partial charge in [0.05, 0.1) is 0 Å². The smallest absolute Gasteiger partial charge is 0.326 e. The monoisotopic (exact) mass is 671 g/mol. The van der Waals surface area contributed by atoms with Crippen LogP contribution in [0.5, 0.6) is 0 Å². The van der Waals surface area contributed by atoms with Gasteiger partial charge in [0.25, 0.3) is 0 Å². The summed E-state index contributed by atoms with van der Waals surface area (Å²) in [6, 6.07) is -0.874. The molecule has 0 aromatic heterocycles. The number of carbonyl (C=O) groups is 3. The van der Waals surface area contributed by atoms with E-state index in [2.05, 4.69) is 79.9 Å². The molecule has 0 aliphatic heterocycles. The van der Waals surface area contributed by atoms with Gasteiger partial charge in [0, 0.05) is 12.8 Å². The van der Waals surface area contributed by atoms with Crippen LogP contribution in [0.25, 0.3) is 0 Å². The predicted molar refractivity (Wildman–Crippen MR) is 202 cm³/mol. The zero-order valence-corrected chi connectivity index (χ0v) is 30.6. The summed E-state index contributed by atoms with van der Waals surface area (Å²) in [6.07, 6.45) is 42.8. The van der Waals surface area contributed by atoms with Gasteiger partial charge in [-0.25, -0.2) is 4.79 Å². The Hall–Kier alpha value is -2.93. The van der Waals surface area contributed by atoms with E-state index in [1.54, 1.807) is 0 Å². The quantitative estimate of drug-likeness (QED) is 0.0363. The van der Waals surface area contributed by atoms with Crippen molar-refractivity contribution in [3.63, 3.8) is 0 Å². The highest BCUT2D eigenvalue weighted by atomic mass is 16.5. The Morgan fingerprint density at radius 2 is 1.21 bits per heavy atom. The third-order valence-electron chi connectivity index (χ3n) is 8.05. The highest BCUT2D eigenvalue weighted by Gasteiger charge is 2.19. The number of nitrogens with two attached hydrogens (primary N) is 1. The van der Waals surface area contributed by atoms with Crippen molar-refractivity contribution in [1.29, 1.82) is 0 Å². The molecule has 0 aliphatic rings. The molecule has 0 aliphatic carbocycles. The molecule has 0 bridgehead atoms. The topological polar surface area (TPSA) is 119 Å². The van der Waals surface area contributed by atoms with Gasteiger partial charge in [-0.1, -0.05) is 113 Å². The fourth-order valence-electron chi connectivity index (χ4n) is 5.17. The highest BCUT2D eigenvalue weighted by molar-refractivity contribution is 5.83. The van der Waals surface area contributed by atoms with Crippen molar-refractivity contribution in [2.24, 2.45) is 5.73 Å². The second kappa shape index (κ2) is 35.4. The molecule has 0 aromatic rings. The van der Waals surface area contributed by atoms with Crippen molar-refractivity contribution in [2.75, 3.05) is 6.54 Å². The van der Waals surface area contributed by atoms with Crippen LogP contribution in [-0.2, 0) is 19.1 Å². The Morgan fingerprint density at radius 1 is 0.646 bits per heavy atom. The number of carboxylic acids is 1. The van der Waals surface area contributed by atoms with Crippen LogP contribution in [0.15, 0.2) is 60.8 Å². The molecule has 0 aromatic carbocycles. The number of aliphatic carboxylic acids is 1. The van der Waals surface area contributed by atoms with E-state index in [-0.39, 0.29) is 18.0 Å². The van der Waals surface area contributed by atoms with Crippen molar-refractivity contribution in [3.05, 3.63) is 60.8 Å². The predicted octanol–water partition coefficient (Wildman–Crippen LogP) is 10.2. The van der Waals surface area contributed by atoms with Gasteiger partial charge in [-0.05, 0) is 103 Å². The van der Waals surface area contributed by atoms with Gasteiger partial charge >= 0.3 is 11.9 Å². The standard InChI is InChI=1S/C41H70N2O5/c1-3-5-7-9-11-12-13-14-15-16-17-18-19-20-21-23-29-35-40(45)48-37(31-26-22-10-8-6-4-2)32-27-24-25-28-34-39(44)43-38(41(46)47)33-30-36-42/h5,7,11-12,14-15,17-18,26,31,37-38H,3-4,6,8-10,13,16,19-25,27-30,32-36,42H2,1-2H3,(H,43,44)(H,46,47)/b7-5-,12-11-,15-14-,18-17-,31-26-. The van der Waals surface area contributed by atoms with Gasteiger partial charge in [-0.2, -0.15) is 0 Å². The van der Waals surface area contributed by atoms with Crippen LogP contribution in [0, 0.1) is 0 Å². The Balaban J connectivity index is 4.27. The SMILES string of the molecule is CC/C=C\C/C=C\C/C=C\C/C=C\CCCCCCC(=O)OC(/C=C\CCCCCC)CCCCCCC(=O)NC(CCCN)C(=O)O. The molecule has 4 N–H and O–H groups in total. The maximum Gasteiger partial charge on any atom is 0.326 e. The Kier molecular flexibility index (Phi) is 33.2. The molecule has 274 valence electrons. The summed E-state index contributed by atoms with van der Waals surface area (Å²) in [6.45, 7) is 4.76. The average Bonchev–Trinajstić information content (AvgIpc) is 3.07. The summed E-state index contributed by atoms with van der Waals surface area (Å²) in [5.74, 6) is -1.37. The molecule has 0 fully saturated rings. The number of allylic oxidation sites excluding steroid dienone is 9. The first-order valence-corrected chi connectivity index (χ1v) is 19.1. The van der Waals surface area contributed by atoms with E-state index in [9.17, 15) is 19.5 Å². The van der Waals surface area contributed by atoms with Crippen LogP contribution in [-0.4, -0.2) is 41.6 Å². The Labute approximate surface area is 293 Å². The minimum atomic E-state index is -1.02. The van der Waals surface area contributed by atoms with E-state index in [1.807, 2.05) is 0 Å². The number of amides is 1. The lowest BCUT2D eigenvalue weighted by atomic mass is 10.1. The number of carbonyl (C=O) groups excluding carboxylic acids is 2. The molecule has 0 spiro atoms. The number of hydrogen-bond acceptors (Lipinski definition) is 5. The minimum absolute atomic E-state index is 0.117. The molecular formula is C41H70N2O5. The van der Waals surface area contributed by atoms with E-state index >= 15 is 0 Å². The van der Waals surface area contributed by atoms with Crippen molar-refractivity contribution in [2.45, 2.75) is 174 Å². The van der Waals surface area contributed by atoms with Crippen LogP contribution >= 0.6 is 0 Å². The van der Waals surface area contributed by atoms with Crippen LogP contribution in [0.2, 0.25) is 0 Å². The maximum atomic E-state index is 12.6. The third kappa shape index (κ3) is 31.7. The molecule has 0 saturated heterocycles. The van der Waals surface area contributed by atoms with E-state index in [0.29, 0.717) is 38.6 Å². The van der Waals surface area contributed by atoms with E-state index in [1.165, 1.54) is 19.3 Å². The fraction of sp³-hybridized carbons (Fsp3) is 0.683. The zero-order chi connectivity index (χ0) is 35.3. The molecule has 2 atom stereocenters. The highest BCUT2D eigenvalue weighted by Crippen LogP contribution is 2.15. The van der Waals surface area contributed by atoms with Gasteiger partial charge in [0.2, 0.25) is 5.91 Å². The largest absolute Gasteiger partial charge is 0.480 e. The molecule has 48 heavy (non-hydrogen) atoms. The lowest BCUT2D eigenvalue weighted by Crippen LogP contribution is -2.40. The van der Waals surface area contributed by atoms with Crippen LogP contribution in [0.1, 0.15) is 162 Å². The van der Waals surface area contributed by atoms with E-state index in [4.69, 9.17) is 10.5 Å². The van der Waals surface area contributed by atoms with E-state index in [0.717, 1.165) is 96.3 Å². The van der Waals surface area contributed by atoms with Gasteiger partial charge in [0.1, 0.15) is 12.1 Å². The number of rotatable bonds is 33. The number of unbranched alkanes of at least 4 members (excludes halogenated alkanes) is 11. The van der Waals surface area contributed by atoms with Crippen molar-refractivity contribution < 1.29 is 24.2 Å². The number of ether oxygens (including phenoxy) is 1. The van der Waals surface area contributed by atoms with Crippen LogP contribution < -0.4 is 11.1 Å². The average molecular weight is 671 g/mol. The number of hydrogen-bond donors (Lipinski definition) is 3. The first kappa shape index (κ1) is 45.1. The summed E-state index contributed by atoms with van der Waals surface area (Å²) >= 11 is 0. The number of esters is 1. The van der Waals surface area contributed by atoms with Gasteiger partial charge in [0.15, 0.2) is 0 Å². The fourth-order valence-corrected chi connectivity index (χ4v) is 5.17. The van der Waals surface area contributed by atoms with Gasteiger partial charge in [-0.15, -0.1) is 0 Å². The summed E-state index contributed by atoms with van der Waals surface area (Å²) in [5.41, 5.74) is 5.46. The lowest BCUT2D eigenvalue weighted by Gasteiger charge is -2.15. The summed E-state index contributed by atoms with van der Waals surface area (Å²) in [4.78, 5) is 36.1. The first-order chi connectivity index (χ1) is 23.4. The normalized spacial score (nSPS) is 13.4. The second-order valence-electron chi connectivity index (χ2n) is 12.6. The third-order valence-corrected chi connectivity index (χ3v) is 8.05. The molecule has 7 heteroatoms. The first-order valence-electron chi connectivity index (χ1n) is 19.1. The van der Waals surface area contributed by atoms with Crippen molar-refractivity contribution >= 4 is 17.8 Å². The molecule has 7 nitrogen and oxygen atoms in total. The Morgan fingerprint density at radius 3 is 1.83 bits per heavy atom. The summed E-state index contributed by atoms with van der Waals surface area (Å²) in [7, 11) is 0. The molecule has 2 unspecified atom stereocenters. The molecule has 0 radical (unpaired) electrons. The summed E-state index contributed by atoms with van der Waals surface area (Å²) in [5, 5.41) is 11.9. The molecular weight excluding hydrogens is 600 g/mol. The molecule has 0 saturated carbocycles. The maximum absolute atomic E-state index is 12.6. The van der Waals surface area contributed by atoms with Crippen LogP contribution in [0.3, 0.4) is 0 Å². The lowest BCUT2D eigenvalue weighted by molar-refractivity contribution is -0.147. The molecule has 0 rings (SSSR count). The molecule has 0 heterocycles. The molecule has 1 amide bonds. The zero-order valence-electron chi connectivity index (χ0n) is 30.6. The Bertz CT molecular complexity index is 937. The number of carboxylic acid groups (broad SMARTS) is 1. The second-order valence-corrected chi connectivity index (χ2v) is 12.6. The summed E-state index contributed by atoms with van der Waals surface area (Å²) < 4.78 is 5.87. The van der Waals surface area contributed by atoms with Crippen molar-refractivity contribution in [1.82, 2.24) is 5.32 Å². The minimum Gasteiger partial charge on any atom is -0.480 e. The van der Waals surface area contributed by atoms with Crippen molar-refractivity contribution in [3.8, 4) is 0 Å². The van der Waals surface area contributed by atoms with E-state index < -0.39 is 12.0 Å². The van der Waals surface area contributed by atoms with Gasteiger partial charge < -0.3 is 20.9 Å². The van der Waals surface area contributed by atoms with Crippen LogP contribution in [0.4, 0.5) is 0 Å². The number of nitrogens with one attached hydrogen (secondary N) is 1. The van der Waals surface area contributed by atoms with Gasteiger partial charge in [-0.3, -0.25) is 9.59 Å².